The lowest BCUT2D eigenvalue weighted by atomic mass is 10.2. The largest absolute Gasteiger partial charge is 0.416 e. The summed E-state index contributed by atoms with van der Waals surface area (Å²) in [5, 5.41) is 3.43. The molecule has 0 saturated heterocycles. The molecule has 0 saturated carbocycles. The first-order valence-corrected chi connectivity index (χ1v) is 8.03. The van der Waals surface area contributed by atoms with Gasteiger partial charge in [0.1, 0.15) is 0 Å². The fourth-order valence-electron chi connectivity index (χ4n) is 1.98. The van der Waals surface area contributed by atoms with E-state index in [2.05, 4.69) is 22.7 Å². The summed E-state index contributed by atoms with van der Waals surface area (Å²) in [5.41, 5.74) is 5.21. The van der Waals surface area contributed by atoms with Crippen LogP contribution in [0.4, 0.5) is 18.9 Å². The molecule has 9 heteroatoms. The third-order valence-electron chi connectivity index (χ3n) is 3.25. The normalized spacial score (nSPS) is 11.0. The van der Waals surface area contributed by atoms with Gasteiger partial charge in [-0.25, -0.2) is 0 Å². The summed E-state index contributed by atoms with van der Waals surface area (Å²) >= 11 is 11.8. The first kappa shape index (κ1) is 19.9. The van der Waals surface area contributed by atoms with Crippen LogP contribution in [-0.2, 0) is 11.0 Å². The number of rotatable bonds is 6. The molecule has 2 rings (SSSR count). The van der Waals surface area contributed by atoms with Crippen molar-refractivity contribution in [3.8, 4) is 0 Å². The van der Waals surface area contributed by atoms with Crippen molar-refractivity contribution in [2.45, 2.75) is 6.18 Å². The minimum absolute atomic E-state index is 0.176. The van der Waals surface area contributed by atoms with Crippen molar-refractivity contribution in [1.82, 2.24) is 10.9 Å². The maximum absolute atomic E-state index is 12.6. The molecular weight excluding hydrogens is 390 g/mol. The minimum Gasteiger partial charge on any atom is -0.376 e. The van der Waals surface area contributed by atoms with E-state index < -0.39 is 17.6 Å². The zero-order valence-electron chi connectivity index (χ0n) is 13.3. The number of carbonyl (C=O) groups excluding carboxylic acids is 1. The van der Waals surface area contributed by atoms with E-state index in [1.807, 2.05) is 0 Å². The number of anilines is 1. The van der Waals surface area contributed by atoms with Gasteiger partial charge >= 0.3 is 6.18 Å². The summed E-state index contributed by atoms with van der Waals surface area (Å²) in [7, 11) is 0. The summed E-state index contributed by atoms with van der Waals surface area (Å²) in [4.78, 5) is 11.8. The molecule has 0 atom stereocenters. The predicted octanol–water partition coefficient (Wildman–Crippen LogP) is 4.72. The number of hydrazine groups is 1. The number of benzene rings is 2. The number of nitrogens with one attached hydrogen (secondary N) is 3. The summed E-state index contributed by atoms with van der Waals surface area (Å²) in [5.74, 6) is -0.506. The van der Waals surface area contributed by atoms with Crippen LogP contribution in [0, 0.1) is 0 Å². The molecular formula is C17H14Cl2F3N3O. The van der Waals surface area contributed by atoms with Crippen LogP contribution in [0.5, 0.6) is 0 Å². The quantitative estimate of drug-likeness (QED) is 0.611. The Labute approximate surface area is 158 Å². The van der Waals surface area contributed by atoms with E-state index in [-0.39, 0.29) is 12.2 Å². The maximum Gasteiger partial charge on any atom is 0.416 e. The van der Waals surface area contributed by atoms with Crippen molar-refractivity contribution in [2.75, 3.05) is 11.9 Å². The van der Waals surface area contributed by atoms with Gasteiger partial charge in [-0.3, -0.25) is 15.6 Å². The van der Waals surface area contributed by atoms with Gasteiger partial charge in [-0.05, 0) is 36.4 Å². The summed E-state index contributed by atoms with van der Waals surface area (Å²) < 4.78 is 37.9. The molecule has 138 valence electrons. The molecule has 0 aromatic heterocycles. The smallest absolute Gasteiger partial charge is 0.376 e. The van der Waals surface area contributed by atoms with Gasteiger partial charge in [0.25, 0.3) is 5.91 Å². The molecule has 0 spiro atoms. The van der Waals surface area contributed by atoms with Crippen LogP contribution >= 0.6 is 23.2 Å². The van der Waals surface area contributed by atoms with E-state index in [9.17, 15) is 18.0 Å². The molecule has 2 aromatic carbocycles. The highest BCUT2D eigenvalue weighted by molar-refractivity contribution is 6.35. The molecule has 0 aliphatic rings. The number of hydrogen-bond acceptors (Lipinski definition) is 3. The monoisotopic (exact) mass is 403 g/mol. The molecule has 26 heavy (non-hydrogen) atoms. The van der Waals surface area contributed by atoms with Gasteiger partial charge in [0, 0.05) is 16.3 Å². The van der Waals surface area contributed by atoms with Crippen LogP contribution < -0.4 is 16.2 Å². The van der Waals surface area contributed by atoms with E-state index in [4.69, 9.17) is 23.2 Å². The highest BCUT2D eigenvalue weighted by atomic mass is 35.5. The second-order valence-electron chi connectivity index (χ2n) is 5.21. The van der Waals surface area contributed by atoms with Crippen molar-refractivity contribution in [3.05, 3.63) is 70.2 Å². The fourth-order valence-corrected chi connectivity index (χ4v) is 2.50. The number of hydrogen-bond donors (Lipinski definition) is 3. The Morgan fingerprint density at radius 3 is 2.46 bits per heavy atom. The number of amides is 1. The summed E-state index contributed by atoms with van der Waals surface area (Å²) in [6.45, 7) is 3.51. The third-order valence-corrected chi connectivity index (χ3v) is 3.80. The first-order valence-electron chi connectivity index (χ1n) is 7.27. The molecule has 0 aliphatic carbocycles. The Morgan fingerprint density at radius 1 is 1.08 bits per heavy atom. The van der Waals surface area contributed by atoms with E-state index in [1.54, 1.807) is 12.1 Å². The van der Waals surface area contributed by atoms with Gasteiger partial charge in [0.2, 0.25) is 0 Å². The van der Waals surface area contributed by atoms with Crippen LogP contribution in [0.3, 0.4) is 0 Å². The number of alkyl halides is 3. The Kier molecular flexibility index (Phi) is 6.39. The van der Waals surface area contributed by atoms with Crippen molar-refractivity contribution in [1.29, 1.82) is 0 Å². The molecule has 3 N–H and O–H groups in total. The Morgan fingerprint density at radius 2 is 1.81 bits per heavy atom. The zero-order chi connectivity index (χ0) is 19.3. The molecule has 1 amide bonds. The van der Waals surface area contributed by atoms with Gasteiger partial charge in [0.05, 0.1) is 22.8 Å². The van der Waals surface area contributed by atoms with Gasteiger partial charge in [0.15, 0.2) is 0 Å². The molecule has 0 heterocycles. The SMILES string of the molecule is C=C(NNC(=O)CNc1cccc(C(F)(F)F)c1)c1ccc(Cl)cc1Cl. The van der Waals surface area contributed by atoms with Crippen LogP contribution in [-0.4, -0.2) is 12.5 Å². The predicted molar refractivity (Wildman–Crippen MR) is 96.7 cm³/mol. The van der Waals surface area contributed by atoms with Crippen LogP contribution in [0.15, 0.2) is 49.0 Å². The van der Waals surface area contributed by atoms with E-state index >= 15 is 0 Å². The lowest BCUT2D eigenvalue weighted by Gasteiger charge is -2.14. The molecule has 0 radical (unpaired) electrons. The van der Waals surface area contributed by atoms with Gasteiger partial charge in [-0.15, -0.1) is 0 Å². The van der Waals surface area contributed by atoms with Gasteiger partial charge < -0.3 is 5.32 Å². The highest BCUT2D eigenvalue weighted by Crippen LogP contribution is 2.30. The van der Waals surface area contributed by atoms with Gasteiger partial charge in [-0.1, -0.05) is 35.8 Å². The van der Waals surface area contributed by atoms with Crippen LogP contribution in [0.1, 0.15) is 11.1 Å². The first-order chi connectivity index (χ1) is 12.2. The van der Waals surface area contributed by atoms with E-state index in [0.29, 0.717) is 21.3 Å². The van der Waals surface area contributed by atoms with Crippen LogP contribution in [0.25, 0.3) is 5.70 Å². The highest BCUT2D eigenvalue weighted by Gasteiger charge is 2.30. The summed E-state index contributed by atoms with van der Waals surface area (Å²) in [6, 6.07) is 9.34. The second kappa shape index (κ2) is 8.33. The Balaban J connectivity index is 1.87. The van der Waals surface area contributed by atoms with Gasteiger partial charge in [-0.2, -0.15) is 13.2 Å². The van der Waals surface area contributed by atoms with Crippen LogP contribution in [0.2, 0.25) is 10.0 Å². The molecule has 0 bridgehead atoms. The van der Waals surface area contributed by atoms with Crippen molar-refractivity contribution < 1.29 is 18.0 Å². The van der Waals surface area contributed by atoms with Crippen molar-refractivity contribution >= 4 is 40.5 Å². The standard InChI is InChI=1S/C17H14Cl2F3N3O/c1-10(14-6-5-12(18)8-15(14)19)24-25-16(26)9-23-13-4-2-3-11(7-13)17(20,21)22/h2-8,23-24H,1,9H2,(H,25,26). The molecule has 0 aliphatic heterocycles. The van der Waals surface area contributed by atoms with E-state index in [1.165, 1.54) is 18.2 Å². The fraction of sp³-hybridized carbons (Fsp3) is 0.118. The van der Waals surface area contributed by atoms with Crippen molar-refractivity contribution in [3.63, 3.8) is 0 Å². The molecule has 4 nitrogen and oxygen atoms in total. The number of carbonyl (C=O) groups is 1. The lowest BCUT2D eigenvalue weighted by molar-refractivity contribution is -0.137. The summed E-state index contributed by atoms with van der Waals surface area (Å²) in [6.07, 6.45) is -4.45. The average Bonchev–Trinajstić information content (AvgIpc) is 2.57. The molecule has 0 fully saturated rings. The lowest BCUT2D eigenvalue weighted by Crippen LogP contribution is -2.39. The molecule has 2 aromatic rings. The Bertz CT molecular complexity index is 825. The zero-order valence-corrected chi connectivity index (χ0v) is 14.8. The third kappa shape index (κ3) is 5.57. The second-order valence-corrected chi connectivity index (χ2v) is 6.05. The average molecular weight is 404 g/mol. The Hall–Kier alpha value is -2.38. The van der Waals surface area contributed by atoms with Crippen molar-refractivity contribution in [2.24, 2.45) is 0 Å². The number of halogens is 5. The van der Waals surface area contributed by atoms with E-state index in [0.717, 1.165) is 12.1 Å². The molecule has 0 unspecified atom stereocenters. The minimum atomic E-state index is -4.45. The topological polar surface area (TPSA) is 53.2 Å². The maximum atomic E-state index is 12.6.